The maximum absolute atomic E-state index is 11.3. The molecule has 0 atom stereocenters. The van der Waals surface area contributed by atoms with Gasteiger partial charge in [-0.05, 0) is 31.5 Å². The molecule has 92 valence electrons. The molecule has 0 radical (unpaired) electrons. The predicted molar refractivity (Wildman–Crippen MR) is 63.9 cm³/mol. The summed E-state index contributed by atoms with van der Waals surface area (Å²) in [5.74, 6) is 0.0460. The minimum absolute atomic E-state index is 0.0619. The van der Waals surface area contributed by atoms with Crippen LogP contribution in [0.4, 0.5) is 0 Å². The van der Waals surface area contributed by atoms with E-state index in [4.69, 9.17) is 9.47 Å². The lowest BCUT2D eigenvalue weighted by atomic mass is 10.2. The minimum atomic E-state index is -0.378. The van der Waals surface area contributed by atoms with Gasteiger partial charge in [-0.3, -0.25) is 0 Å². The number of ether oxygens (including phenoxy) is 2. The molecule has 0 spiro atoms. The summed E-state index contributed by atoms with van der Waals surface area (Å²) in [6.07, 6.45) is 1.43. The highest BCUT2D eigenvalue weighted by molar-refractivity contribution is 5.82. The Labute approximate surface area is 100 Å². The molecular formula is C13H16O4. The molecule has 0 amide bonds. The first kappa shape index (κ1) is 13.1. The summed E-state index contributed by atoms with van der Waals surface area (Å²) in [6, 6.07) is 4.81. The van der Waals surface area contributed by atoms with Crippen LogP contribution in [0.15, 0.2) is 29.8 Å². The molecule has 0 aromatic heterocycles. The molecule has 0 aliphatic carbocycles. The highest BCUT2D eigenvalue weighted by atomic mass is 16.5. The summed E-state index contributed by atoms with van der Waals surface area (Å²) in [5, 5.41) is 9.39. The zero-order chi connectivity index (χ0) is 12.8. The minimum Gasteiger partial charge on any atom is -0.504 e. The number of rotatable bonds is 4. The lowest BCUT2D eigenvalue weighted by molar-refractivity contribution is -0.139. The molecule has 1 aromatic rings. The van der Waals surface area contributed by atoms with E-state index in [0.29, 0.717) is 5.75 Å². The number of carbonyl (C=O) groups excluding carboxylic acids is 1. The van der Waals surface area contributed by atoms with Crippen molar-refractivity contribution >= 4 is 5.97 Å². The van der Waals surface area contributed by atoms with E-state index in [2.05, 4.69) is 0 Å². The van der Waals surface area contributed by atoms with Crippen LogP contribution < -0.4 is 4.74 Å². The van der Waals surface area contributed by atoms with Gasteiger partial charge in [0.25, 0.3) is 0 Å². The highest BCUT2D eigenvalue weighted by Gasteiger charge is 2.04. The first-order valence-corrected chi connectivity index (χ1v) is 5.20. The Hall–Kier alpha value is -1.97. The lowest BCUT2D eigenvalue weighted by Crippen LogP contribution is -2.01. The van der Waals surface area contributed by atoms with E-state index in [1.165, 1.54) is 19.3 Å². The number of hydrogen-bond donors (Lipinski definition) is 1. The average molecular weight is 236 g/mol. The number of benzene rings is 1. The lowest BCUT2D eigenvalue weighted by Gasteiger charge is -2.06. The summed E-state index contributed by atoms with van der Waals surface area (Å²) in [6.45, 7) is 3.80. The van der Waals surface area contributed by atoms with Gasteiger partial charge in [0.15, 0.2) is 11.5 Å². The van der Waals surface area contributed by atoms with Crippen LogP contribution in [0.5, 0.6) is 11.5 Å². The van der Waals surface area contributed by atoms with E-state index in [1.54, 1.807) is 12.1 Å². The van der Waals surface area contributed by atoms with E-state index in [9.17, 15) is 9.90 Å². The third-order valence-electron chi connectivity index (χ3n) is 2.03. The summed E-state index contributed by atoms with van der Waals surface area (Å²) in [5.41, 5.74) is 1.65. The Morgan fingerprint density at radius 2 is 2.12 bits per heavy atom. The largest absolute Gasteiger partial charge is 0.504 e. The second-order valence-electron chi connectivity index (χ2n) is 3.84. The van der Waals surface area contributed by atoms with Crippen LogP contribution in [0.2, 0.25) is 0 Å². The van der Waals surface area contributed by atoms with Crippen molar-refractivity contribution in [3.8, 4) is 11.5 Å². The number of allylic oxidation sites excluding steroid dienone is 1. The van der Waals surface area contributed by atoms with Crippen molar-refractivity contribution in [2.75, 3.05) is 7.11 Å². The third-order valence-corrected chi connectivity index (χ3v) is 2.03. The SMILES string of the molecule is COc1cc(COC(=O)C=C(C)C)ccc1O. The second-order valence-corrected chi connectivity index (χ2v) is 3.84. The molecule has 0 saturated carbocycles. The first-order chi connectivity index (χ1) is 8.02. The molecule has 0 unspecified atom stereocenters. The van der Waals surface area contributed by atoms with Crippen molar-refractivity contribution in [1.29, 1.82) is 0 Å². The van der Waals surface area contributed by atoms with Crippen molar-refractivity contribution in [2.45, 2.75) is 20.5 Å². The number of aromatic hydroxyl groups is 1. The van der Waals surface area contributed by atoms with Gasteiger partial charge in [0, 0.05) is 6.08 Å². The van der Waals surface area contributed by atoms with Gasteiger partial charge in [0.2, 0.25) is 0 Å². The van der Waals surface area contributed by atoms with Crippen molar-refractivity contribution in [1.82, 2.24) is 0 Å². The molecule has 4 nitrogen and oxygen atoms in total. The van der Waals surface area contributed by atoms with Crippen molar-refractivity contribution in [3.05, 3.63) is 35.4 Å². The van der Waals surface area contributed by atoms with Crippen molar-refractivity contribution in [2.24, 2.45) is 0 Å². The quantitative estimate of drug-likeness (QED) is 0.644. The fourth-order valence-electron chi connectivity index (χ4n) is 1.24. The van der Waals surface area contributed by atoms with Crippen LogP contribution in [-0.4, -0.2) is 18.2 Å². The Kier molecular flexibility index (Phi) is 4.57. The average Bonchev–Trinajstić information content (AvgIpc) is 2.27. The molecule has 4 heteroatoms. The molecule has 0 aliphatic rings. The van der Waals surface area contributed by atoms with Crippen LogP contribution in [0.25, 0.3) is 0 Å². The fraction of sp³-hybridized carbons (Fsp3) is 0.308. The number of esters is 1. The molecular weight excluding hydrogens is 220 g/mol. The number of phenolic OH excluding ortho intramolecular Hbond substituents is 1. The molecule has 1 aromatic carbocycles. The van der Waals surface area contributed by atoms with E-state index < -0.39 is 0 Å². The molecule has 1 rings (SSSR count). The van der Waals surface area contributed by atoms with Gasteiger partial charge in [-0.1, -0.05) is 11.6 Å². The molecule has 0 aliphatic heterocycles. The van der Waals surface area contributed by atoms with Gasteiger partial charge >= 0.3 is 5.97 Å². The van der Waals surface area contributed by atoms with Gasteiger partial charge < -0.3 is 14.6 Å². The fourth-order valence-corrected chi connectivity index (χ4v) is 1.24. The number of hydrogen-bond acceptors (Lipinski definition) is 4. The van der Waals surface area contributed by atoms with Crippen LogP contribution in [0.1, 0.15) is 19.4 Å². The molecule has 0 heterocycles. The Bertz CT molecular complexity index is 431. The summed E-state index contributed by atoms with van der Waals surface area (Å²) in [7, 11) is 1.47. The summed E-state index contributed by atoms with van der Waals surface area (Å²) < 4.78 is 9.98. The summed E-state index contributed by atoms with van der Waals surface area (Å²) in [4.78, 5) is 11.3. The smallest absolute Gasteiger partial charge is 0.331 e. The van der Waals surface area contributed by atoms with E-state index >= 15 is 0 Å². The predicted octanol–water partition coefficient (Wildman–Crippen LogP) is 2.41. The van der Waals surface area contributed by atoms with Gasteiger partial charge in [0.05, 0.1) is 7.11 Å². The van der Waals surface area contributed by atoms with Crippen LogP contribution >= 0.6 is 0 Å². The van der Waals surface area contributed by atoms with Crippen LogP contribution in [0.3, 0.4) is 0 Å². The monoisotopic (exact) mass is 236 g/mol. The van der Waals surface area contributed by atoms with Crippen molar-refractivity contribution in [3.63, 3.8) is 0 Å². The van der Waals surface area contributed by atoms with Gasteiger partial charge in [0.1, 0.15) is 6.61 Å². The van der Waals surface area contributed by atoms with Crippen LogP contribution in [0, 0.1) is 0 Å². The highest BCUT2D eigenvalue weighted by Crippen LogP contribution is 2.26. The number of phenols is 1. The molecule has 0 fully saturated rings. The molecule has 0 bridgehead atoms. The molecule has 1 N–H and O–H groups in total. The molecule has 17 heavy (non-hydrogen) atoms. The van der Waals surface area contributed by atoms with Gasteiger partial charge in [-0.25, -0.2) is 4.79 Å². The number of carbonyl (C=O) groups is 1. The molecule has 0 saturated heterocycles. The standard InChI is InChI=1S/C13H16O4/c1-9(2)6-13(15)17-8-10-4-5-11(14)12(7-10)16-3/h4-7,14H,8H2,1-3H3. The maximum Gasteiger partial charge on any atom is 0.331 e. The summed E-state index contributed by atoms with van der Waals surface area (Å²) >= 11 is 0. The van der Waals surface area contributed by atoms with Gasteiger partial charge in [-0.2, -0.15) is 0 Å². The van der Waals surface area contributed by atoms with Gasteiger partial charge in [-0.15, -0.1) is 0 Å². The zero-order valence-corrected chi connectivity index (χ0v) is 10.2. The van der Waals surface area contributed by atoms with Crippen molar-refractivity contribution < 1.29 is 19.4 Å². The first-order valence-electron chi connectivity index (χ1n) is 5.20. The van der Waals surface area contributed by atoms with E-state index in [0.717, 1.165) is 11.1 Å². The Balaban J connectivity index is 2.64. The maximum atomic E-state index is 11.3. The Morgan fingerprint density at radius 1 is 1.41 bits per heavy atom. The normalized spacial score (nSPS) is 9.59. The van der Waals surface area contributed by atoms with E-state index in [-0.39, 0.29) is 18.3 Å². The zero-order valence-electron chi connectivity index (χ0n) is 10.2. The topological polar surface area (TPSA) is 55.8 Å². The van der Waals surface area contributed by atoms with E-state index in [1.807, 2.05) is 13.8 Å². The Morgan fingerprint density at radius 3 is 2.71 bits per heavy atom. The van der Waals surface area contributed by atoms with Crippen LogP contribution in [-0.2, 0) is 16.1 Å². The number of methoxy groups -OCH3 is 1. The second kappa shape index (κ2) is 5.94. The third kappa shape index (κ3) is 4.18.